The van der Waals surface area contributed by atoms with Gasteiger partial charge in [-0.15, -0.1) is 0 Å². The van der Waals surface area contributed by atoms with E-state index in [2.05, 4.69) is 19.9 Å². The number of fused-ring (bicyclic) bond motifs is 4. The van der Waals surface area contributed by atoms with Gasteiger partial charge in [-0.2, -0.15) is 0 Å². The lowest BCUT2D eigenvalue weighted by molar-refractivity contribution is -0.137. The Labute approximate surface area is 234 Å². The van der Waals surface area contributed by atoms with Gasteiger partial charge in [0.05, 0.1) is 25.4 Å². The monoisotopic (exact) mass is 566 g/mol. The molecule has 1 N–H and O–H groups in total. The van der Waals surface area contributed by atoms with E-state index in [0.29, 0.717) is 49.9 Å². The van der Waals surface area contributed by atoms with E-state index in [1.807, 2.05) is 48.5 Å². The molecule has 0 radical (unpaired) electrons. The Balaban J connectivity index is 1.32. The van der Waals surface area contributed by atoms with Gasteiger partial charge in [0, 0.05) is 35.8 Å². The highest BCUT2D eigenvalue weighted by molar-refractivity contribution is 7.90. The van der Waals surface area contributed by atoms with Crippen LogP contribution in [0.4, 0.5) is 0 Å². The van der Waals surface area contributed by atoms with Gasteiger partial charge in [0.15, 0.2) is 0 Å². The van der Waals surface area contributed by atoms with E-state index < -0.39 is 21.4 Å². The van der Waals surface area contributed by atoms with Crippen molar-refractivity contribution < 1.29 is 37.3 Å². The minimum Gasteiger partial charge on any atom is -0.494 e. The number of aliphatic carboxylic acids is 1. The second-order valence-electron chi connectivity index (χ2n) is 11.1. The summed E-state index contributed by atoms with van der Waals surface area (Å²) in [7, 11) is -3.01. The van der Waals surface area contributed by atoms with Crippen LogP contribution >= 0.6 is 0 Å². The molecule has 3 aromatic carbocycles. The van der Waals surface area contributed by atoms with Crippen LogP contribution in [0.3, 0.4) is 0 Å². The van der Waals surface area contributed by atoms with Crippen LogP contribution in [0.1, 0.15) is 49.3 Å². The van der Waals surface area contributed by atoms with Crippen LogP contribution in [0, 0.1) is 0 Å². The van der Waals surface area contributed by atoms with Crippen LogP contribution in [-0.4, -0.2) is 50.3 Å². The first kappa shape index (κ1) is 27.8. The highest BCUT2D eigenvalue weighted by atomic mass is 32.2. The fourth-order valence-corrected chi connectivity index (χ4v) is 5.87. The number of carboxylic acids is 1. The zero-order valence-electron chi connectivity index (χ0n) is 22.9. The Morgan fingerprint density at radius 1 is 1.00 bits per heavy atom. The third-order valence-electron chi connectivity index (χ3n) is 7.03. The normalized spacial score (nSPS) is 16.9. The van der Waals surface area contributed by atoms with Crippen LogP contribution in [0.2, 0.25) is 0 Å². The lowest BCUT2D eigenvalue weighted by Crippen LogP contribution is -2.30. The van der Waals surface area contributed by atoms with Gasteiger partial charge in [0.1, 0.15) is 45.0 Å². The van der Waals surface area contributed by atoms with E-state index in [0.717, 1.165) is 33.6 Å². The summed E-state index contributed by atoms with van der Waals surface area (Å²) in [4.78, 5) is 11.1. The van der Waals surface area contributed by atoms with E-state index in [1.54, 1.807) is 0 Å². The third-order valence-corrected chi connectivity index (χ3v) is 8.06. The fourth-order valence-electron chi connectivity index (χ4n) is 5.23. The summed E-state index contributed by atoms with van der Waals surface area (Å²) in [6.45, 7) is 5.14. The van der Waals surface area contributed by atoms with Crippen molar-refractivity contribution in [1.82, 2.24) is 0 Å². The van der Waals surface area contributed by atoms with Gasteiger partial charge in [-0.3, -0.25) is 4.79 Å². The number of rotatable bonds is 10. The van der Waals surface area contributed by atoms with E-state index in [1.165, 1.54) is 6.26 Å². The van der Waals surface area contributed by atoms with Gasteiger partial charge in [0.25, 0.3) is 0 Å². The summed E-state index contributed by atoms with van der Waals surface area (Å²) < 4.78 is 46.9. The number of sulfone groups is 1. The Bertz CT molecular complexity index is 1530. The van der Waals surface area contributed by atoms with Crippen LogP contribution in [-0.2, 0) is 27.7 Å². The van der Waals surface area contributed by atoms with Crippen LogP contribution < -0.4 is 18.9 Å². The molecule has 8 nitrogen and oxygen atoms in total. The number of hydrogen-bond donors (Lipinski definition) is 1. The molecule has 0 spiro atoms. The van der Waals surface area contributed by atoms with Crippen molar-refractivity contribution in [3.63, 3.8) is 0 Å². The average Bonchev–Trinajstić information content (AvgIpc) is 3.21. The molecule has 2 aliphatic heterocycles. The average molecular weight is 567 g/mol. The Morgan fingerprint density at radius 3 is 2.55 bits per heavy atom. The van der Waals surface area contributed by atoms with Crippen molar-refractivity contribution in [1.29, 1.82) is 0 Å². The summed E-state index contributed by atoms with van der Waals surface area (Å²) in [5.74, 6) is 1.94. The Hall–Kier alpha value is -3.72. The molecule has 0 aliphatic carbocycles. The molecule has 0 aromatic heterocycles. The fraction of sp³-hybridized carbons (Fsp3) is 0.387. The van der Waals surface area contributed by atoms with Crippen molar-refractivity contribution in [3.8, 4) is 34.1 Å². The van der Waals surface area contributed by atoms with Crippen molar-refractivity contribution in [2.24, 2.45) is 0 Å². The Morgan fingerprint density at radius 2 is 1.77 bits per heavy atom. The topological polar surface area (TPSA) is 108 Å². The zero-order chi connectivity index (χ0) is 28.5. The number of benzene rings is 3. The smallest absolute Gasteiger partial charge is 0.304 e. The number of hydrogen-bond acceptors (Lipinski definition) is 7. The molecule has 0 fully saturated rings. The first-order valence-corrected chi connectivity index (χ1v) is 15.4. The SMILES string of the molecule is CC1(C)Cc2cc(OCCCS(C)(=O)=O)ccc2-c2cc(COc3ccc4c(c3)OCC4CC(=O)O)ccc2O1. The quantitative estimate of drug-likeness (QED) is 0.325. The molecule has 212 valence electrons. The van der Waals surface area contributed by atoms with Crippen LogP contribution in [0.25, 0.3) is 11.1 Å². The van der Waals surface area contributed by atoms with E-state index in [4.69, 9.17) is 24.1 Å². The zero-order valence-corrected chi connectivity index (χ0v) is 23.8. The predicted molar refractivity (Wildman–Crippen MR) is 151 cm³/mol. The summed E-state index contributed by atoms with van der Waals surface area (Å²) in [6, 6.07) is 17.6. The van der Waals surface area contributed by atoms with Gasteiger partial charge in [-0.1, -0.05) is 18.2 Å². The Kier molecular flexibility index (Phi) is 7.68. The molecule has 3 aromatic rings. The maximum atomic E-state index is 11.4. The minimum atomic E-state index is -3.01. The second kappa shape index (κ2) is 11.0. The van der Waals surface area contributed by atoms with Crippen molar-refractivity contribution in [2.75, 3.05) is 25.2 Å². The van der Waals surface area contributed by atoms with Gasteiger partial charge in [-0.25, -0.2) is 8.42 Å². The van der Waals surface area contributed by atoms with Crippen molar-refractivity contribution in [2.45, 2.75) is 51.2 Å². The van der Waals surface area contributed by atoms with E-state index in [-0.39, 0.29) is 18.1 Å². The lowest BCUT2D eigenvalue weighted by Gasteiger charge is -2.25. The summed E-state index contributed by atoms with van der Waals surface area (Å²) >= 11 is 0. The molecule has 0 bridgehead atoms. The molecule has 1 atom stereocenters. The second-order valence-corrected chi connectivity index (χ2v) is 13.4. The highest BCUT2D eigenvalue weighted by Gasteiger charge is 2.29. The highest BCUT2D eigenvalue weighted by Crippen LogP contribution is 2.42. The van der Waals surface area contributed by atoms with Crippen LogP contribution in [0.15, 0.2) is 54.6 Å². The third kappa shape index (κ3) is 6.70. The van der Waals surface area contributed by atoms with Gasteiger partial charge in [0.2, 0.25) is 0 Å². The minimum absolute atomic E-state index is 0.0412. The van der Waals surface area contributed by atoms with Gasteiger partial charge < -0.3 is 24.1 Å². The van der Waals surface area contributed by atoms with Crippen molar-refractivity contribution in [3.05, 3.63) is 71.3 Å². The standard InChI is InChI=1S/C31H34O8S/c1-31(2)17-21-14-23(36-11-4-12-40(3,34)35)6-8-25(21)27-13-20(5-10-28(27)39-31)18-37-24-7-9-26-22(15-30(32)33)19-38-29(26)16-24/h5-10,13-14,16,22H,4,11-12,15,17-19H2,1-3H3,(H,32,33). The molecule has 0 saturated carbocycles. The molecule has 40 heavy (non-hydrogen) atoms. The number of ether oxygens (including phenoxy) is 4. The summed E-state index contributed by atoms with van der Waals surface area (Å²) in [5.41, 5.74) is 4.55. The molecule has 1 unspecified atom stereocenters. The van der Waals surface area contributed by atoms with E-state index in [9.17, 15) is 13.2 Å². The molecule has 2 heterocycles. The van der Waals surface area contributed by atoms with Crippen molar-refractivity contribution >= 4 is 15.8 Å². The first-order chi connectivity index (χ1) is 19.0. The van der Waals surface area contributed by atoms with E-state index >= 15 is 0 Å². The maximum absolute atomic E-state index is 11.4. The molecular weight excluding hydrogens is 532 g/mol. The maximum Gasteiger partial charge on any atom is 0.304 e. The van der Waals surface area contributed by atoms with Gasteiger partial charge in [-0.05, 0) is 67.3 Å². The first-order valence-electron chi connectivity index (χ1n) is 13.3. The molecule has 0 saturated heterocycles. The molecule has 2 aliphatic rings. The molecule has 5 rings (SSSR count). The predicted octanol–water partition coefficient (Wildman–Crippen LogP) is 5.41. The molecular formula is C31H34O8S. The summed E-state index contributed by atoms with van der Waals surface area (Å²) in [5, 5.41) is 9.12. The lowest BCUT2D eigenvalue weighted by atomic mass is 9.92. The largest absolute Gasteiger partial charge is 0.494 e. The molecule has 9 heteroatoms. The number of carbonyl (C=O) groups is 1. The number of carboxylic acid groups (broad SMARTS) is 1. The van der Waals surface area contributed by atoms with Gasteiger partial charge >= 0.3 is 5.97 Å². The summed E-state index contributed by atoms with van der Waals surface area (Å²) in [6.07, 6.45) is 2.39. The molecule has 0 amide bonds. The van der Waals surface area contributed by atoms with Crippen LogP contribution in [0.5, 0.6) is 23.0 Å².